The molecule has 4 heterocycles. The third-order valence-corrected chi connectivity index (χ3v) is 11.2. The Morgan fingerprint density at radius 1 is 0.558 bits per heavy atom. The minimum Gasteiger partial charge on any atom is -0.308 e. The van der Waals surface area contributed by atoms with E-state index >= 15 is 0 Å². The molecule has 0 saturated heterocycles. The zero-order chi connectivity index (χ0) is 34.8. The van der Waals surface area contributed by atoms with Crippen LogP contribution in [-0.2, 0) is 0 Å². The van der Waals surface area contributed by atoms with Crippen molar-refractivity contribution in [2.75, 3.05) is 0 Å². The molecule has 10 rings (SSSR count). The van der Waals surface area contributed by atoms with Crippen LogP contribution < -0.4 is 0 Å². The average molecular weight is 686 g/mol. The monoisotopic (exact) mass is 685 g/mol. The minimum absolute atomic E-state index is 0.589. The molecular weight excluding hydrogens is 655 g/mol. The Kier molecular flexibility index (Phi) is 6.98. The summed E-state index contributed by atoms with van der Waals surface area (Å²) in [5.41, 5.74) is 8.53. The van der Waals surface area contributed by atoms with Gasteiger partial charge in [-0.25, -0.2) is 4.98 Å². The SMILES string of the molecule is C=Cc1c(/C=C\C)c2ccc3c4cccc(-c5nc(-c6ccccc6)nc(-n6c7ccccc7c7ccccc76)n5)c4sc3c2n1-c1ccccc1. The number of hydrogen-bond acceptors (Lipinski definition) is 4. The van der Waals surface area contributed by atoms with Crippen molar-refractivity contribution in [1.29, 1.82) is 0 Å². The molecule has 52 heavy (non-hydrogen) atoms. The van der Waals surface area contributed by atoms with Crippen molar-refractivity contribution in [1.82, 2.24) is 24.1 Å². The van der Waals surface area contributed by atoms with Gasteiger partial charge in [-0.05, 0) is 43.3 Å². The molecule has 0 aliphatic rings. The minimum atomic E-state index is 0.589. The first-order chi connectivity index (χ1) is 25.7. The van der Waals surface area contributed by atoms with Crippen molar-refractivity contribution in [3.63, 3.8) is 0 Å². The van der Waals surface area contributed by atoms with Gasteiger partial charge >= 0.3 is 0 Å². The smallest absolute Gasteiger partial charge is 0.238 e. The Morgan fingerprint density at radius 3 is 1.88 bits per heavy atom. The summed E-state index contributed by atoms with van der Waals surface area (Å²) in [6, 6.07) is 48.7. The number of aromatic nitrogens is 5. The summed E-state index contributed by atoms with van der Waals surface area (Å²) in [5, 5.41) is 5.89. The van der Waals surface area contributed by atoms with Crippen molar-refractivity contribution in [2.45, 2.75) is 6.92 Å². The summed E-state index contributed by atoms with van der Waals surface area (Å²) in [5.74, 6) is 1.86. The lowest BCUT2D eigenvalue weighted by atomic mass is 10.1. The predicted octanol–water partition coefficient (Wildman–Crippen LogP) is 12.3. The third-order valence-electron chi connectivity index (χ3n) is 9.89. The first-order valence-electron chi connectivity index (χ1n) is 17.4. The second-order valence-electron chi connectivity index (χ2n) is 12.8. The zero-order valence-electron chi connectivity index (χ0n) is 28.4. The van der Waals surface area contributed by atoms with Gasteiger partial charge in [0.05, 0.1) is 26.9 Å². The van der Waals surface area contributed by atoms with Crippen LogP contribution in [0.25, 0.3) is 99.4 Å². The second kappa shape index (κ2) is 12.0. The van der Waals surface area contributed by atoms with Gasteiger partial charge in [-0.1, -0.05) is 128 Å². The molecule has 6 aromatic carbocycles. The molecule has 0 fully saturated rings. The second-order valence-corrected chi connectivity index (χ2v) is 13.8. The molecule has 5 nitrogen and oxygen atoms in total. The van der Waals surface area contributed by atoms with Crippen LogP contribution in [0.3, 0.4) is 0 Å². The molecule has 10 aromatic rings. The van der Waals surface area contributed by atoms with Crippen LogP contribution in [0.15, 0.2) is 152 Å². The van der Waals surface area contributed by atoms with Gasteiger partial charge in [-0.2, -0.15) is 9.97 Å². The summed E-state index contributed by atoms with van der Waals surface area (Å²) in [4.78, 5) is 15.6. The van der Waals surface area contributed by atoms with Crippen LogP contribution in [0.4, 0.5) is 0 Å². The highest BCUT2D eigenvalue weighted by Crippen LogP contribution is 2.45. The lowest BCUT2D eigenvalue weighted by molar-refractivity contribution is 0.954. The maximum atomic E-state index is 5.30. The number of allylic oxidation sites excluding steroid dienone is 1. The lowest BCUT2D eigenvalue weighted by Crippen LogP contribution is -2.06. The highest BCUT2D eigenvalue weighted by molar-refractivity contribution is 7.27. The van der Waals surface area contributed by atoms with Crippen molar-refractivity contribution >= 4 is 76.4 Å². The quantitative estimate of drug-likeness (QED) is 0.175. The van der Waals surface area contributed by atoms with Crippen LogP contribution in [0, 0.1) is 0 Å². The molecule has 0 aliphatic heterocycles. The number of thiophene rings is 1. The normalized spacial score (nSPS) is 11.9. The van der Waals surface area contributed by atoms with Crippen molar-refractivity contribution < 1.29 is 0 Å². The van der Waals surface area contributed by atoms with E-state index in [-0.39, 0.29) is 0 Å². The highest BCUT2D eigenvalue weighted by Gasteiger charge is 2.23. The fourth-order valence-electron chi connectivity index (χ4n) is 7.67. The van der Waals surface area contributed by atoms with E-state index in [0.717, 1.165) is 54.6 Å². The van der Waals surface area contributed by atoms with E-state index in [1.807, 2.05) is 24.3 Å². The van der Waals surface area contributed by atoms with Crippen LogP contribution in [-0.4, -0.2) is 24.1 Å². The molecule has 246 valence electrons. The molecule has 0 unspecified atom stereocenters. The van der Waals surface area contributed by atoms with Gasteiger partial charge in [-0.15, -0.1) is 11.3 Å². The molecule has 4 aromatic heterocycles. The number of para-hydroxylation sites is 3. The maximum Gasteiger partial charge on any atom is 0.238 e. The van der Waals surface area contributed by atoms with E-state index in [1.54, 1.807) is 11.3 Å². The molecule has 0 amide bonds. The fraction of sp³-hybridized carbons (Fsp3) is 0.0217. The third kappa shape index (κ3) is 4.51. The van der Waals surface area contributed by atoms with Crippen molar-refractivity contribution in [3.8, 4) is 34.4 Å². The molecule has 6 heteroatoms. The van der Waals surface area contributed by atoms with Crippen LogP contribution in [0.2, 0.25) is 0 Å². The van der Waals surface area contributed by atoms with Crippen LogP contribution >= 0.6 is 11.3 Å². The Hall–Kier alpha value is -6.63. The predicted molar refractivity (Wildman–Crippen MR) is 220 cm³/mol. The number of rotatable bonds is 6. The van der Waals surface area contributed by atoms with Crippen LogP contribution in [0.1, 0.15) is 18.2 Å². The standard InChI is InChI=1S/C46H31N5S/c1-3-16-31-34-27-28-36-35-23-15-24-37(42(35)52-43(36)41(34)50(38(31)4-2)30-19-9-6-10-20-30)45-47-44(29-17-7-5-8-18-29)48-46(49-45)51-39-25-13-11-21-32(39)33-22-12-14-26-40(33)51/h3-28H,2H2,1H3/b16-3-. The molecule has 0 N–H and O–H groups in total. The summed E-state index contributed by atoms with van der Waals surface area (Å²) >= 11 is 1.80. The molecule has 0 spiro atoms. The first-order valence-corrected chi connectivity index (χ1v) is 18.2. The Labute approximate surface area is 304 Å². The fourth-order valence-corrected chi connectivity index (χ4v) is 9.02. The number of fused-ring (bicyclic) bond motifs is 8. The molecule has 0 bridgehead atoms. The molecular formula is C46H31N5S. The molecule has 0 radical (unpaired) electrons. The average Bonchev–Trinajstić information content (AvgIpc) is 3.86. The molecule has 0 saturated carbocycles. The number of hydrogen-bond donors (Lipinski definition) is 0. The Balaban J connectivity index is 1.29. The number of nitrogens with zero attached hydrogens (tertiary/aromatic N) is 5. The van der Waals surface area contributed by atoms with E-state index in [4.69, 9.17) is 15.0 Å². The van der Waals surface area contributed by atoms with Gasteiger partial charge < -0.3 is 4.57 Å². The van der Waals surface area contributed by atoms with Gasteiger partial charge in [0.2, 0.25) is 5.95 Å². The van der Waals surface area contributed by atoms with Crippen LogP contribution in [0.5, 0.6) is 0 Å². The van der Waals surface area contributed by atoms with Crippen molar-refractivity contribution in [2.24, 2.45) is 0 Å². The lowest BCUT2D eigenvalue weighted by Gasteiger charge is -2.11. The van der Waals surface area contributed by atoms with E-state index < -0.39 is 0 Å². The Morgan fingerprint density at radius 2 is 1.17 bits per heavy atom. The maximum absolute atomic E-state index is 5.30. The van der Waals surface area contributed by atoms with E-state index in [9.17, 15) is 0 Å². The number of benzene rings is 6. The largest absolute Gasteiger partial charge is 0.308 e. The Bertz CT molecular complexity index is 2980. The van der Waals surface area contributed by atoms with Gasteiger partial charge in [0, 0.05) is 54.0 Å². The molecule has 0 atom stereocenters. The van der Waals surface area contributed by atoms with E-state index in [2.05, 4.69) is 156 Å². The van der Waals surface area contributed by atoms with E-state index in [0.29, 0.717) is 17.6 Å². The zero-order valence-corrected chi connectivity index (χ0v) is 29.2. The first kappa shape index (κ1) is 30.2. The van der Waals surface area contributed by atoms with Gasteiger partial charge in [0.1, 0.15) is 0 Å². The highest BCUT2D eigenvalue weighted by atomic mass is 32.1. The summed E-state index contributed by atoms with van der Waals surface area (Å²) in [7, 11) is 0. The summed E-state index contributed by atoms with van der Waals surface area (Å²) in [6.07, 6.45) is 6.26. The summed E-state index contributed by atoms with van der Waals surface area (Å²) < 4.78 is 6.87. The van der Waals surface area contributed by atoms with E-state index in [1.165, 1.54) is 26.4 Å². The van der Waals surface area contributed by atoms with Crippen molar-refractivity contribution in [3.05, 3.63) is 163 Å². The molecule has 0 aliphatic carbocycles. The topological polar surface area (TPSA) is 48.5 Å². The van der Waals surface area contributed by atoms with Gasteiger partial charge in [0.15, 0.2) is 11.6 Å². The summed E-state index contributed by atoms with van der Waals surface area (Å²) in [6.45, 7) is 6.32. The van der Waals surface area contributed by atoms with Gasteiger partial charge in [0.25, 0.3) is 0 Å². The van der Waals surface area contributed by atoms with Gasteiger partial charge in [-0.3, -0.25) is 4.57 Å².